The predicted octanol–water partition coefficient (Wildman–Crippen LogP) is 3.19. The monoisotopic (exact) mass is 288 g/mol. The van der Waals surface area contributed by atoms with Gasteiger partial charge in [-0.05, 0) is 38.0 Å². The van der Waals surface area contributed by atoms with Crippen molar-refractivity contribution in [3.63, 3.8) is 0 Å². The van der Waals surface area contributed by atoms with Crippen LogP contribution in [-0.4, -0.2) is 28.1 Å². The summed E-state index contributed by atoms with van der Waals surface area (Å²) in [6, 6.07) is 8.18. The molecule has 0 amide bonds. The first-order chi connectivity index (χ1) is 10.2. The summed E-state index contributed by atoms with van der Waals surface area (Å²) in [5.74, 6) is 1.14. The van der Waals surface area contributed by atoms with Gasteiger partial charge >= 0.3 is 12.0 Å². The molecule has 6 heteroatoms. The number of anilines is 1. The van der Waals surface area contributed by atoms with Crippen molar-refractivity contribution in [1.29, 1.82) is 0 Å². The Morgan fingerprint density at radius 3 is 2.62 bits per heavy atom. The van der Waals surface area contributed by atoms with Crippen molar-refractivity contribution < 1.29 is 9.47 Å². The number of aryl methyl sites for hydroxylation is 1. The van der Waals surface area contributed by atoms with Gasteiger partial charge in [0.1, 0.15) is 5.75 Å². The second-order valence-corrected chi connectivity index (χ2v) is 4.50. The average Bonchev–Trinajstić information content (AvgIpc) is 2.45. The van der Waals surface area contributed by atoms with Crippen molar-refractivity contribution in [2.45, 2.75) is 27.2 Å². The Labute approximate surface area is 124 Å². The summed E-state index contributed by atoms with van der Waals surface area (Å²) in [5, 5.41) is 3.11. The van der Waals surface area contributed by atoms with E-state index in [4.69, 9.17) is 9.47 Å². The summed E-state index contributed by atoms with van der Waals surface area (Å²) in [6.07, 6.45) is 0.976. The number of aromatic nitrogens is 3. The van der Waals surface area contributed by atoms with Crippen LogP contribution in [0.1, 0.15) is 25.8 Å². The Hall–Kier alpha value is -2.37. The Balaban J connectivity index is 2.22. The fourth-order valence-corrected chi connectivity index (χ4v) is 1.68. The summed E-state index contributed by atoms with van der Waals surface area (Å²) in [5.41, 5.74) is 1.11. The molecule has 2 aromatic rings. The van der Waals surface area contributed by atoms with Crippen LogP contribution in [0.4, 0.5) is 5.95 Å². The van der Waals surface area contributed by atoms with E-state index in [0.29, 0.717) is 18.3 Å². The van der Waals surface area contributed by atoms with Gasteiger partial charge in [-0.3, -0.25) is 0 Å². The first-order valence-electron chi connectivity index (χ1n) is 7.08. The summed E-state index contributed by atoms with van der Waals surface area (Å²) in [6.45, 7) is 7.21. The highest BCUT2D eigenvalue weighted by molar-refractivity contribution is 5.32. The molecule has 0 aliphatic heterocycles. The van der Waals surface area contributed by atoms with E-state index in [1.165, 1.54) is 0 Å². The number of hydrogen-bond acceptors (Lipinski definition) is 6. The zero-order chi connectivity index (χ0) is 15.1. The number of ether oxygens (including phenoxy) is 2. The van der Waals surface area contributed by atoms with Gasteiger partial charge in [0.15, 0.2) is 0 Å². The van der Waals surface area contributed by atoms with Crippen LogP contribution in [0.25, 0.3) is 0 Å². The molecule has 1 N–H and O–H groups in total. The van der Waals surface area contributed by atoms with Crippen molar-refractivity contribution in [1.82, 2.24) is 15.0 Å². The lowest BCUT2D eigenvalue weighted by molar-refractivity contribution is 0.304. The SMILES string of the molecule is CCCNc1nc(OCC)nc(Oc2cccc(C)c2)n1. The highest BCUT2D eigenvalue weighted by Crippen LogP contribution is 2.21. The predicted molar refractivity (Wildman–Crippen MR) is 81.0 cm³/mol. The molecule has 112 valence electrons. The van der Waals surface area contributed by atoms with E-state index >= 15 is 0 Å². The van der Waals surface area contributed by atoms with Gasteiger partial charge in [-0.15, -0.1) is 4.98 Å². The van der Waals surface area contributed by atoms with Crippen LogP contribution >= 0.6 is 0 Å². The quantitative estimate of drug-likeness (QED) is 0.843. The molecule has 0 saturated carbocycles. The molecule has 1 aromatic heterocycles. The Kier molecular flexibility index (Phi) is 5.31. The van der Waals surface area contributed by atoms with Crippen molar-refractivity contribution in [3.8, 4) is 17.8 Å². The molecule has 0 spiro atoms. The van der Waals surface area contributed by atoms with Gasteiger partial charge in [0, 0.05) is 6.54 Å². The van der Waals surface area contributed by atoms with Gasteiger partial charge in [-0.25, -0.2) is 0 Å². The molecule has 2 rings (SSSR count). The normalized spacial score (nSPS) is 10.2. The number of benzene rings is 1. The summed E-state index contributed by atoms with van der Waals surface area (Å²) in [7, 11) is 0. The molecule has 0 bridgehead atoms. The zero-order valence-electron chi connectivity index (χ0n) is 12.6. The van der Waals surface area contributed by atoms with Gasteiger partial charge in [0.2, 0.25) is 5.95 Å². The van der Waals surface area contributed by atoms with Crippen molar-refractivity contribution in [3.05, 3.63) is 29.8 Å². The van der Waals surface area contributed by atoms with E-state index in [0.717, 1.165) is 18.5 Å². The summed E-state index contributed by atoms with van der Waals surface area (Å²) >= 11 is 0. The molecular weight excluding hydrogens is 268 g/mol. The fraction of sp³-hybridized carbons (Fsp3) is 0.400. The van der Waals surface area contributed by atoms with E-state index in [2.05, 4.69) is 27.2 Å². The minimum atomic E-state index is 0.220. The van der Waals surface area contributed by atoms with Gasteiger partial charge in [0.05, 0.1) is 6.61 Å². The maximum Gasteiger partial charge on any atom is 0.330 e. The van der Waals surface area contributed by atoms with Gasteiger partial charge in [0.25, 0.3) is 0 Å². The van der Waals surface area contributed by atoms with E-state index in [-0.39, 0.29) is 12.0 Å². The standard InChI is InChI=1S/C15H20N4O2/c1-4-9-16-13-17-14(20-5-2)19-15(18-13)21-12-8-6-7-11(3)10-12/h6-8,10H,4-5,9H2,1-3H3,(H,16,17,18,19). The molecule has 0 aliphatic carbocycles. The largest absolute Gasteiger partial charge is 0.464 e. The second-order valence-electron chi connectivity index (χ2n) is 4.50. The zero-order valence-corrected chi connectivity index (χ0v) is 12.6. The minimum Gasteiger partial charge on any atom is -0.464 e. The third-order valence-corrected chi connectivity index (χ3v) is 2.60. The topological polar surface area (TPSA) is 69.2 Å². The highest BCUT2D eigenvalue weighted by atomic mass is 16.5. The van der Waals surface area contributed by atoms with Crippen LogP contribution in [0, 0.1) is 6.92 Å². The Bertz CT molecular complexity index is 590. The van der Waals surface area contributed by atoms with Crippen molar-refractivity contribution >= 4 is 5.95 Å². The third kappa shape index (κ3) is 4.59. The Morgan fingerprint density at radius 2 is 1.90 bits per heavy atom. The van der Waals surface area contributed by atoms with Crippen molar-refractivity contribution in [2.75, 3.05) is 18.5 Å². The molecule has 0 aliphatic rings. The lowest BCUT2D eigenvalue weighted by atomic mass is 10.2. The first-order valence-corrected chi connectivity index (χ1v) is 7.08. The molecule has 6 nitrogen and oxygen atoms in total. The first kappa shape index (κ1) is 15.0. The van der Waals surface area contributed by atoms with Crippen molar-refractivity contribution in [2.24, 2.45) is 0 Å². The molecular formula is C15H20N4O2. The lowest BCUT2D eigenvalue weighted by Gasteiger charge is -2.09. The van der Waals surface area contributed by atoms with Crippen LogP contribution < -0.4 is 14.8 Å². The molecule has 0 radical (unpaired) electrons. The molecule has 0 atom stereocenters. The molecule has 0 saturated heterocycles. The molecule has 1 heterocycles. The van der Waals surface area contributed by atoms with E-state index in [1.807, 2.05) is 38.1 Å². The smallest absolute Gasteiger partial charge is 0.330 e. The average molecular weight is 288 g/mol. The Morgan fingerprint density at radius 1 is 1.10 bits per heavy atom. The van der Waals surface area contributed by atoms with Crippen LogP contribution in [-0.2, 0) is 0 Å². The fourth-order valence-electron chi connectivity index (χ4n) is 1.68. The minimum absolute atomic E-state index is 0.220. The molecule has 21 heavy (non-hydrogen) atoms. The number of rotatable bonds is 7. The van der Waals surface area contributed by atoms with Crippen LogP contribution in [0.3, 0.4) is 0 Å². The third-order valence-electron chi connectivity index (χ3n) is 2.60. The van der Waals surface area contributed by atoms with Gasteiger partial charge < -0.3 is 14.8 Å². The summed E-state index contributed by atoms with van der Waals surface area (Å²) in [4.78, 5) is 12.6. The maximum atomic E-state index is 5.68. The molecule has 0 fully saturated rings. The number of hydrogen-bond donors (Lipinski definition) is 1. The lowest BCUT2D eigenvalue weighted by Crippen LogP contribution is -2.08. The second kappa shape index (κ2) is 7.42. The maximum absolute atomic E-state index is 5.68. The molecule has 1 aromatic carbocycles. The van der Waals surface area contributed by atoms with Gasteiger partial charge in [-0.2, -0.15) is 9.97 Å². The summed E-state index contributed by atoms with van der Waals surface area (Å²) < 4.78 is 11.0. The molecule has 0 unspecified atom stereocenters. The van der Waals surface area contributed by atoms with Crippen LogP contribution in [0.15, 0.2) is 24.3 Å². The van der Waals surface area contributed by atoms with E-state index in [1.54, 1.807) is 0 Å². The van der Waals surface area contributed by atoms with E-state index in [9.17, 15) is 0 Å². The number of nitrogens with one attached hydrogen (secondary N) is 1. The number of nitrogens with zero attached hydrogens (tertiary/aromatic N) is 3. The van der Waals surface area contributed by atoms with Crippen LogP contribution in [0.2, 0.25) is 0 Å². The van der Waals surface area contributed by atoms with Crippen LogP contribution in [0.5, 0.6) is 17.8 Å². The highest BCUT2D eigenvalue weighted by Gasteiger charge is 2.09. The van der Waals surface area contributed by atoms with E-state index < -0.39 is 0 Å². The van der Waals surface area contributed by atoms with Gasteiger partial charge in [-0.1, -0.05) is 19.1 Å².